The van der Waals surface area contributed by atoms with Gasteiger partial charge in [0.2, 0.25) is 0 Å². The van der Waals surface area contributed by atoms with E-state index >= 15 is 0 Å². The third-order valence-corrected chi connectivity index (χ3v) is 4.93. The SMILES string of the molecule is CN(C)C[C@@H](c1ccccc1)N(C)C(=O)c1cnc2c(c1)CCCC2. The topological polar surface area (TPSA) is 36.4 Å². The number of amides is 1. The maximum Gasteiger partial charge on any atom is 0.255 e. The highest BCUT2D eigenvalue weighted by atomic mass is 16.2. The molecule has 0 spiro atoms. The summed E-state index contributed by atoms with van der Waals surface area (Å²) >= 11 is 0. The number of hydrogen-bond acceptors (Lipinski definition) is 3. The Balaban J connectivity index is 1.86. The summed E-state index contributed by atoms with van der Waals surface area (Å²) in [6.07, 6.45) is 6.21. The number of benzene rings is 1. The standard InChI is InChI=1S/C21H27N3O/c1-23(2)15-20(16-9-5-4-6-10-16)24(3)21(25)18-13-17-11-7-8-12-19(17)22-14-18/h4-6,9-10,13-14,20H,7-8,11-12,15H2,1-3H3/t20-/m0/s1. The second-order valence-electron chi connectivity index (χ2n) is 7.14. The minimum atomic E-state index is 0.0136. The van der Waals surface area contributed by atoms with Crippen molar-refractivity contribution in [3.63, 3.8) is 0 Å². The second kappa shape index (κ2) is 7.79. The van der Waals surface area contributed by atoms with Crippen molar-refractivity contribution in [2.75, 3.05) is 27.7 Å². The van der Waals surface area contributed by atoms with Gasteiger partial charge in [-0.2, -0.15) is 0 Å². The maximum atomic E-state index is 13.1. The van der Waals surface area contributed by atoms with Gasteiger partial charge in [-0.1, -0.05) is 30.3 Å². The zero-order valence-corrected chi connectivity index (χ0v) is 15.4. The van der Waals surface area contributed by atoms with Crippen molar-refractivity contribution in [2.45, 2.75) is 31.7 Å². The van der Waals surface area contributed by atoms with Gasteiger partial charge in [0.25, 0.3) is 5.91 Å². The molecule has 4 heteroatoms. The Labute approximate surface area is 150 Å². The first-order valence-electron chi connectivity index (χ1n) is 9.01. The van der Waals surface area contributed by atoms with Crippen LogP contribution in [0.2, 0.25) is 0 Å². The van der Waals surface area contributed by atoms with Gasteiger partial charge in [0, 0.05) is 25.5 Å². The third kappa shape index (κ3) is 4.07. The molecule has 1 aliphatic rings. The van der Waals surface area contributed by atoms with Crippen LogP contribution >= 0.6 is 0 Å². The summed E-state index contributed by atoms with van der Waals surface area (Å²) in [5.41, 5.74) is 4.26. The predicted octanol–water partition coefficient (Wildman–Crippen LogP) is 3.34. The Morgan fingerprint density at radius 1 is 1.12 bits per heavy atom. The molecule has 0 N–H and O–H groups in total. The van der Waals surface area contributed by atoms with E-state index in [0.717, 1.165) is 24.9 Å². The van der Waals surface area contributed by atoms with Crippen molar-refractivity contribution in [1.82, 2.24) is 14.8 Å². The molecule has 0 radical (unpaired) electrons. The molecule has 0 unspecified atom stereocenters. The van der Waals surface area contributed by atoms with Crippen molar-refractivity contribution in [3.8, 4) is 0 Å². The lowest BCUT2D eigenvalue weighted by molar-refractivity contribution is 0.0704. The van der Waals surface area contributed by atoms with Crippen LogP contribution in [0.5, 0.6) is 0 Å². The Kier molecular flexibility index (Phi) is 5.49. The number of fused-ring (bicyclic) bond motifs is 1. The van der Waals surface area contributed by atoms with E-state index in [-0.39, 0.29) is 11.9 Å². The summed E-state index contributed by atoms with van der Waals surface area (Å²) < 4.78 is 0. The van der Waals surface area contributed by atoms with Crippen molar-refractivity contribution in [3.05, 3.63) is 65.0 Å². The Morgan fingerprint density at radius 2 is 1.84 bits per heavy atom. The fraction of sp³-hybridized carbons (Fsp3) is 0.429. The van der Waals surface area contributed by atoms with Crippen molar-refractivity contribution < 1.29 is 4.79 Å². The third-order valence-electron chi connectivity index (χ3n) is 4.93. The predicted molar refractivity (Wildman–Crippen MR) is 101 cm³/mol. The number of carbonyl (C=O) groups excluding carboxylic acids is 1. The van der Waals surface area contributed by atoms with E-state index in [1.54, 1.807) is 6.20 Å². The Hall–Kier alpha value is -2.20. The number of nitrogens with zero attached hydrogens (tertiary/aromatic N) is 3. The van der Waals surface area contributed by atoms with Gasteiger partial charge in [-0.05, 0) is 57.0 Å². The van der Waals surface area contributed by atoms with Crippen molar-refractivity contribution >= 4 is 5.91 Å². The highest BCUT2D eigenvalue weighted by molar-refractivity contribution is 5.94. The summed E-state index contributed by atoms with van der Waals surface area (Å²) in [6, 6.07) is 12.3. The molecule has 0 fully saturated rings. The summed E-state index contributed by atoms with van der Waals surface area (Å²) in [4.78, 5) is 21.6. The molecule has 1 aromatic heterocycles. The molecule has 132 valence electrons. The highest BCUT2D eigenvalue weighted by Gasteiger charge is 2.24. The van der Waals surface area contributed by atoms with Crippen LogP contribution in [0.25, 0.3) is 0 Å². The molecule has 25 heavy (non-hydrogen) atoms. The van der Waals surface area contributed by atoms with E-state index in [2.05, 4.69) is 28.1 Å². The number of likely N-dealkylation sites (N-methyl/N-ethyl adjacent to an activating group) is 2. The number of carbonyl (C=O) groups is 1. The van der Waals surface area contributed by atoms with Gasteiger partial charge in [0.05, 0.1) is 11.6 Å². The highest BCUT2D eigenvalue weighted by Crippen LogP contribution is 2.24. The molecule has 1 aromatic carbocycles. The molecule has 1 heterocycles. The van der Waals surface area contributed by atoms with E-state index in [1.807, 2.05) is 44.2 Å². The zero-order valence-electron chi connectivity index (χ0n) is 15.4. The molecule has 0 aliphatic heterocycles. The molecule has 3 rings (SSSR count). The molecule has 4 nitrogen and oxygen atoms in total. The van der Waals surface area contributed by atoms with Gasteiger partial charge in [-0.15, -0.1) is 0 Å². The summed E-state index contributed by atoms with van der Waals surface area (Å²) in [5, 5.41) is 0. The number of pyridine rings is 1. The first-order chi connectivity index (χ1) is 12.1. The first-order valence-corrected chi connectivity index (χ1v) is 9.01. The molecule has 0 bridgehead atoms. The summed E-state index contributed by atoms with van der Waals surface area (Å²) in [7, 11) is 5.96. The molecule has 2 aromatic rings. The quantitative estimate of drug-likeness (QED) is 0.840. The monoisotopic (exact) mass is 337 g/mol. The zero-order chi connectivity index (χ0) is 17.8. The number of aryl methyl sites for hydroxylation is 2. The van der Waals surface area contributed by atoms with Crippen LogP contribution in [-0.4, -0.2) is 48.4 Å². The second-order valence-corrected chi connectivity index (χ2v) is 7.14. The van der Waals surface area contributed by atoms with Gasteiger partial charge in [-0.25, -0.2) is 0 Å². The number of hydrogen-bond donors (Lipinski definition) is 0. The largest absolute Gasteiger partial charge is 0.333 e. The molecule has 1 amide bonds. The number of rotatable bonds is 5. The molecule has 0 saturated carbocycles. The maximum absolute atomic E-state index is 13.1. The normalized spacial score (nSPS) is 14.9. The van der Waals surface area contributed by atoms with E-state index in [0.29, 0.717) is 5.56 Å². The average molecular weight is 337 g/mol. The minimum absolute atomic E-state index is 0.0136. The summed E-state index contributed by atoms with van der Waals surface area (Å²) in [5.74, 6) is 0.0385. The van der Waals surface area contributed by atoms with E-state index in [9.17, 15) is 4.79 Å². The Bertz CT molecular complexity index is 727. The van der Waals surface area contributed by atoms with Gasteiger partial charge >= 0.3 is 0 Å². The minimum Gasteiger partial charge on any atom is -0.333 e. The smallest absolute Gasteiger partial charge is 0.255 e. The van der Waals surface area contributed by atoms with Crippen LogP contribution < -0.4 is 0 Å². The van der Waals surface area contributed by atoms with Gasteiger partial charge in [-0.3, -0.25) is 9.78 Å². The van der Waals surface area contributed by atoms with Crippen molar-refractivity contribution in [2.24, 2.45) is 0 Å². The molecule has 1 aliphatic carbocycles. The van der Waals surface area contributed by atoms with Crippen molar-refractivity contribution in [1.29, 1.82) is 0 Å². The van der Waals surface area contributed by atoms with Crippen LogP contribution in [0.4, 0.5) is 0 Å². The molecule has 1 atom stereocenters. The van der Waals surface area contributed by atoms with Crippen LogP contribution in [0, 0.1) is 0 Å². The van der Waals surface area contributed by atoms with Crippen LogP contribution in [-0.2, 0) is 12.8 Å². The molecule has 0 saturated heterocycles. The van der Waals surface area contributed by atoms with Gasteiger partial charge in [0.1, 0.15) is 0 Å². The summed E-state index contributed by atoms with van der Waals surface area (Å²) in [6.45, 7) is 0.782. The van der Waals surface area contributed by atoms with E-state index in [1.165, 1.54) is 24.1 Å². The molecular weight excluding hydrogens is 310 g/mol. The molecular formula is C21H27N3O. The van der Waals surface area contributed by atoms with Crippen LogP contribution in [0.3, 0.4) is 0 Å². The van der Waals surface area contributed by atoms with Gasteiger partial charge in [0.15, 0.2) is 0 Å². The van der Waals surface area contributed by atoms with E-state index < -0.39 is 0 Å². The Morgan fingerprint density at radius 3 is 2.56 bits per heavy atom. The van der Waals surface area contributed by atoms with Gasteiger partial charge < -0.3 is 9.80 Å². The lowest BCUT2D eigenvalue weighted by Gasteiger charge is -2.31. The lowest BCUT2D eigenvalue weighted by atomic mass is 9.95. The lowest BCUT2D eigenvalue weighted by Crippen LogP contribution is -2.37. The van der Waals surface area contributed by atoms with Crippen LogP contribution in [0.1, 0.15) is 46.1 Å². The average Bonchev–Trinajstić information content (AvgIpc) is 2.65. The van der Waals surface area contributed by atoms with Crippen LogP contribution in [0.15, 0.2) is 42.6 Å². The van der Waals surface area contributed by atoms with E-state index in [4.69, 9.17) is 0 Å². The first kappa shape index (κ1) is 17.6. The fourth-order valence-electron chi connectivity index (χ4n) is 3.52. The fourth-order valence-corrected chi connectivity index (χ4v) is 3.52. The number of aromatic nitrogens is 1.